The molecule has 1 aliphatic heterocycles. The first-order valence-corrected chi connectivity index (χ1v) is 6.74. The van der Waals surface area contributed by atoms with Gasteiger partial charge in [-0.15, -0.1) is 5.10 Å². The van der Waals surface area contributed by atoms with Crippen LogP contribution < -0.4 is 5.32 Å². The van der Waals surface area contributed by atoms with E-state index in [1.807, 2.05) is 0 Å². The van der Waals surface area contributed by atoms with Crippen LogP contribution in [0.15, 0.2) is 0 Å². The molecular formula is C12H19N5O2. The maximum absolute atomic E-state index is 12.2. The van der Waals surface area contributed by atoms with Crippen molar-refractivity contribution in [2.75, 3.05) is 33.3 Å². The van der Waals surface area contributed by atoms with Crippen molar-refractivity contribution >= 4 is 5.91 Å². The van der Waals surface area contributed by atoms with Crippen molar-refractivity contribution in [1.29, 1.82) is 0 Å². The van der Waals surface area contributed by atoms with E-state index >= 15 is 0 Å². The Morgan fingerprint density at radius 1 is 1.53 bits per heavy atom. The summed E-state index contributed by atoms with van der Waals surface area (Å²) < 4.78 is 5.58. The number of ether oxygens (including phenoxy) is 1. The van der Waals surface area contributed by atoms with Crippen LogP contribution in [-0.2, 0) is 4.74 Å². The van der Waals surface area contributed by atoms with Gasteiger partial charge < -0.3 is 15.0 Å². The standard InChI is InChI=1S/C12H19N5O2/c1-17(7-9-6-13-4-5-19-9)12(18)11-14-10(15-16-11)8-2-3-8/h8-9,13H,2-7H2,1H3,(H,14,15,16). The van der Waals surface area contributed by atoms with Crippen LogP contribution in [0.1, 0.15) is 35.2 Å². The van der Waals surface area contributed by atoms with E-state index in [2.05, 4.69) is 20.5 Å². The summed E-state index contributed by atoms with van der Waals surface area (Å²) in [5.74, 6) is 1.42. The highest BCUT2D eigenvalue weighted by Gasteiger charge is 2.29. The third kappa shape index (κ3) is 2.93. The molecule has 1 aromatic rings. The summed E-state index contributed by atoms with van der Waals surface area (Å²) in [6.45, 7) is 2.90. The molecule has 7 heteroatoms. The highest BCUT2D eigenvalue weighted by Crippen LogP contribution is 2.37. The van der Waals surface area contributed by atoms with E-state index < -0.39 is 0 Å². The van der Waals surface area contributed by atoms with E-state index in [1.54, 1.807) is 11.9 Å². The minimum absolute atomic E-state index is 0.0459. The molecule has 1 amide bonds. The zero-order valence-electron chi connectivity index (χ0n) is 11.1. The normalized spacial score (nSPS) is 23.3. The van der Waals surface area contributed by atoms with Crippen molar-refractivity contribution in [1.82, 2.24) is 25.4 Å². The average Bonchev–Trinajstić information content (AvgIpc) is 3.17. The summed E-state index contributed by atoms with van der Waals surface area (Å²) in [7, 11) is 1.76. The topological polar surface area (TPSA) is 83.1 Å². The fourth-order valence-corrected chi connectivity index (χ4v) is 2.21. The maximum Gasteiger partial charge on any atom is 0.293 e. The predicted octanol–water partition coefficient (Wildman–Crippen LogP) is -0.257. The Bertz CT molecular complexity index is 451. The van der Waals surface area contributed by atoms with E-state index in [0.717, 1.165) is 31.8 Å². The monoisotopic (exact) mass is 265 g/mol. The number of hydrogen-bond donors (Lipinski definition) is 2. The molecule has 2 heterocycles. The first kappa shape index (κ1) is 12.6. The van der Waals surface area contributed by atoms with Crippen molar-refractivity contribution in [3.63, 3.8) is 0 Å². The second kappa shape index (κ2) is 5.26. The smallest absolute Gasteiger partial charge is 0.293 e. The second-order valence-electron chi connectivity index (χ2n) is 5.20. The van der Waals surface area contributed by atoms with E-state index in [1.165, 1.54) is 0 Å². The predicted molar refractivity (Wildman–Crippen MR) is 67.9 cm³/mol. The molecule has 1 saturated carbocycles. The van der Waals surface area contributed by atoms with Gasteiger partial charge in [0.15, 0.2) is 0 Å². The van der Waals surface area contributed by atoms with Crippen LogP contribution >= 0.6 is 0 Å². The van der Waals surface area contributed by atoms with Gasteiger partial charge in [0.05, 0.1) is 12.7 Å². The van der Waals surface area contributed by atoms with Crippen LogP contribution in [0.25, 0.3) is 0 Å². The number of carbonyl (C=O) groups is 1. The van der Waals surface area contributed by atoms with Crippen LogP contribution in [0.3, 0.4) is 0 Å². The lowest BCUT2D eigenvalue weighted by atomic mass is 10.3. The number of rotatable bonds is 4. The molecule has 2 aliphatic rings. The van der Waals surface area contributed by atoms with Crippen LogP contribution in [0.4, 0.5) is 0 Å². The van der Waals surface area contributed by atoms with Crippen molar-refractivity contribution in [2.45, 2.75) is 24.9 Å². The van der Waals surface area contributed by atoms with E-state index in [0.29, 0.717) is 19.1 Å². The summed E-state index contributed by atoms with van der Waals surface area (Å²) in [4.78, 5) is 18.1. The summed E-state index contributed by atoms with van der Waals surface area (Å²) in [6.07, 6.45) is 2.32. The molecule has 7 nitrogen and oxygen atoms in total. The summed E-state index contributed by atoms with van der Waals surface area (Å²) in [5.41, 5.74) is 0. The summed E-state index contributed by atoms with van der Waals surface area (Å²) >= 11 is 0. The second-order valence-corrected chi connectivity index (χ2v) is 5.20. The number of nitrogens with zero attached hydrogens (tertiary/aromatic N) is 3. The molecule has 0 bridgehead atoms. The number of hydrogen-bond acceptors (Lipinski definition) is 5. The lowest BCUT2D eigenvalue weighted by Crippen LogP contribution is -2.45. The third-order valence-electron chi connectivity index (χ3n) is 3.49. The fourth-order valence-electron chi connectivity index (χ4n) is 2.21. The Morgan fingerprint density at radius 2 is 2.37 bits per heavy atom. The first-order chi connectivity index (χ1) is 9.24. The number of aromatic nitrogens is 3. The summed E-state index contributed by atoms with van der Waals surface area (Å²) in [5, 5.41) is 10.1. The lowest BCUT2D eigenvalue weighted by Gasteiger charge is -2.27. The molecule has 104 valence electrons. The minimum Gasteiger partial charge on any atom is -0.374 e. The van der Waals surface area contributed by atoms with Crippen LogP contribution in [0.5, 0.6) is 0 Å². The van der Waals surface area contributed by atoms with Crippen molar-refractivity contribution in [2.24, 2.45) is 0 Å². The molecule has 3 rings (SSSR count). The Hall–Kier alpha value is -1.47. The Labute approximate surface area is 111 Å². The first-order valence-electron chi connectivity index (χ1n) is 6.74. The number of nitrogens with one attached hydrogen (secondary N) is 2. The average molecular weight is 265 g/mol. The molecule has 2 fully saturated rings. The van der Waals surface area contributed by atoms with Gasteiger partial charge >= 0.3 is 0 Å². The Balaban J connectivity index is 1.58. The van der Waals surface area contributed by atoms with E-state index in [-0.39, 0.29) is 17.8 Å². The number of morpholine rings is 1. The summed E-state index contributed by atoms with van der Waals surface area (Å²) in [6, 6.07) is 0. The molecule has 2 N–H and O–H groups in total. The maximum atomic E-state index is 12.2. The van der Waals surface area contributed by atoms with Gasteiger partial charge in [0.2, 0.25) is 5.82 Å². The van der Waals surface area contributed by atoms with Crippen molar-refractivity contribution in [3.05, 3.63) is 11.6 Å². The number of H-pyrrole nitrogens is 1. The van der Waals surface area contributed by atoms with Gasteiger partial charge in [0, 0.05) is 32.6 Å². The molecule has 0 aromatic carbocycles. The Morgan fingerprint density at radius 3 is 3.05 bits per heavy atom. The number of amides is 1. The number of likely N-dealkylation sites (N-methyl/N-ethyl adjacent to an activating group) is 1. The van der Waals surface area contributed by atoms with Gasteiger partial charge in [0.1, 0.15) is 5.82 Å². The molecule has 1 aromatic heterocycles. The van der Waals surface area contributed by atoms with Crippen molar-refractivity contribution < 1.29 is 9.53 Å². The fraction of sp³-hybridized carbons (Fsp3) is 0.750. The van der Waals surface area contributed by atoms with Crippen LogP contribution in [-0.4, -0.2) is 65.4 Å². The molecule has 1 atom stereocenters. The molecule has 0 radical (unpaired) electrons. The van der Waals surface area contributed by atoms with Crippen LogP contribution in [0.2, 0.25) is 0 Å². The molecule has 1 saturated heterocycles. The van der Waals surface area contributed by atoms with E-state index in [9.17, 15) is 4.79 Å². The lowest BCUT2D eigenvalue weighted by molar-refractivity contribution is 0.0101. The highest BCUT2D eigenvalue weighted by atomic mass is 16.5. The molecule has 19 heavy (non-hydrogen) atoms. The number of aromatic amines is 1. The molecular weight excluding hydrogens is 246 g/mol. The van der Waals surface area contributed by atoms with Gasteiger partial charge in [-0.05, 0) is 12.8 Å². The quantitative estimate of drug-likeness (QED) is 0.784. The van der Waals surface area contributed by atoms with Gasteiger partial charge in [-0.1, -0.05) is 0 Å². The molecule has 1 unspecified atom stereocenters. The molecule has 1 aliphatic carbocycles. The van der Waals surface area contributed by atoms with E-state index in [4.69, 9.17) is 4.74 Å². The van der Waals surface area contributed by atoms with Gasteiger partial charge in [-0.3, -0.25) is 9.89 Å². The molecule has 0 spiro atoms. The third-order valence-corrected chi connectivity index (χ3v) is 3.49. The van der Waals surface area contributed by atoms with Gasteiger partial charge in [-0.25, -0.2) is 4.98 Å². The largest absolute Gasteiger partial charge is 0.374 e. The number of carbonyl (C=O) groups excluding carboxylic acids is 1. The highest BCUT2D eigenvalue weighted by molar-refractivity contribution is 5.90. The zero-order valence-corrected chi connectivity index (χ0v) is 11.1. The van der Waals surface area contributed by atoms with Crippen molar-refractivity contribution in [3.8, 4) is 0 Å². The zero-order chi connectivity index (χ0) is 13.2. The Kier molecular flexibility index (Phi) is 3.48. The minimum atomic E-state index is -0.155. The van der Waals surface area contributed by atoms with Gasteiger partial charge in [-0.2, -0.15) is 0 Å². The van der Waals surface area contributed by atoms with Gasteiger partial charge in [0.25, 0.3) is 5.91 Å². The SMILES string of the molecule is CN(CC1CNCCO1)C(=O)c1n[nH]c(C2CC2)n1. The van der Waals surface area contributed by atoms with Crippen LogP contribution in [0, 0.1) is 0 Å².